The molecule has 0 unspecified atom stereocenters. The largest absolute Gasteiger partial charge is 0.491 e. The van der Waals surface area contributed by atoms with Crippen molar-refractivity contribution in [2.24, 2.45) is 5.92 Å². The standard InChI is InChI=1S/C21H32NO3/c1-16(2)25-19-11-9-17(10-12-19)21(23)24-15-18-7-6-14-22(3)13-5-4-8-20(18)22/h9-12,16,18,20H,4-8,13-15H2,1-3H3/q+1/t18-,20+,22+/m0/s1. The van der Waals surface area contributed by atoms with E-state index in [2.05, 4.69) is 7.05 Å². The van der Waals surface area contributed by atoms with Gasteiger partial charge in [-0.3, -0.25) is 0 Å². The molecule has 138 valence electrons. The molecule has 25 heavy (non-hydrogen) atoms. The fraction of sp³-hybridized carbons (Fsp3) is 0.667. The van der Waals surface area contributed by atoms with Crippen LogP contribution in [0.3, 0.4) is 0 Å². The predicted molar refractivity (Wildman–Crippen MR) is 98.8 cm³/mol. The van der Waals surface area contributed by atoms with E-state index in [1.807, 2.05) is 26.0 Å². The van der Waals surface area contributed by atoms with Crippen LogP contribution in [0.2, 0.25) is 0 Å². The second kappa shape index (κ2) is 7.77. The first kappa shape index (κ1) is 18.2. The van der Waals surface area contributed by atoms with E-state index in [0.717, 1.165) is 5.75 Å². The molecule has 0 saturated carbocycles. The molecule has 0 spiro atoms. The normalized spacial score (nSPS) is 29.1. The highest BCUT2D eigenvalue weighted by atomic mass is 16.5. The van der Waals surface area contributed by atoms with Crippen molar-refractivity contribution in [1.82, 2.24) is 0 Å². The Bertz CT molecular complexity index is 579. The Morgan fingerprint density at radius 1 is 1.12 bits per heavy atom. The maximum Gasteiger partial charge on any atom is 0.338 e. The maximum absolute atomic E-state index is 12.4. The van der Waals surface area contributed by atoms with Gasteiger partial charge < -0.3 is 14.0 Å². The Morgan fingerprint density at radius 3 is 2.56 bits per heavy atom. The Labute approximate surface area is 151 Å². The Morgan fingerprint density at radius 2 is 1.84 bits per heavy atom. The Balaban J connectivity index is 1.56. The molecule has 2 heterocycles. The minimum Gasteiger partial charge on any atom is -0.491 e. The van der Waals surface area contributed by atoms with Crippen LogP contribution in [0.25, 0.3) is 0 Å². The molecule has 1 aromatic carbocycles. The second-order valence-electron chi connectivity index (χ2n) is 8.18. The van der Waals surface area contributed by atoms with Crippen molar-refractivity contribution in [2.75, 3.05) is 26.7 Å². The van der Waals surface area contributed by atoms with E-state index in [-0.39, 0.29) is 12.1 Å². The molecule has 0 bridgehead atoms. The number of piperidine rings is 2. The maximum atomic E-state index is 12.4. The number of fused-ring (bicyclic) bond motifs is 1. The Kier molecular flexibility index (Phi) is 5.67. The number of carbonyl (C=O) groups is 1. The number of carbonyl (C=O) groups excluding carboxylic acids is 1. The molecule has 2 aliphatic heterocycles. The molecular formula is C21H32NO3+. The van der Waals surface area contributed by atoms with Crippen molar-refractivity contribution in [3.63, 3.8) is 0 Å². The quantitative estimate of drug-likeness (QED) is 0.596. The molecule has 0 aromatic heterocycles. The molecule has 3 atom stereocenters. The summed E-state index contributed by atoms with van der Waals surface area (Å²) in [5, 5.41) is 0. The van der Waals surface area contributed by atoms with E-state index in [1.54, 1.807) is 12.1 Å². The van der Waals surface area contributed by atoms with Gasteiger partial charge in [0.1, 0.15) is 12.4 Å². The highest BCUT2D eigenvalue weighted by Crippen LogP contribution is 2.36. The average Bonchev–Trinajstić information content (AvgIpc) is 2.59. The third-order valence-electron chi connectivity index (χ3n) is 5.90. The van der Waals surface area contributed by atoms with Crippen molar-refractivity contribution in [1.29, 1.82) is 0 Å². The first-order valence-electron chi connectivity index (χ1n) is 9.76. The van der Waals surface area contributed by atoms with Crippen LogP contribution >= 0.6 is 0 Å². The summed E-state index contributed by atoms with van der Waals surface area (Å²) in [6.07, 6.45) is 6.50. The van der Waals surface area contributed by atoms with Gasteiger partial charge in [0, 0.05) is 12.3 Å². The third-order valence-corrected chi connectivity index (χ3v) is 5.90. The lowest BCUT2D eigenvalue weighted by atomic mass is 9.82. The van der Waals surface area contributed by atoms with Crippen LogP contribution in [0.5, 0.6) is 5.75 Å². The molecule has 2 saturated heterocycles. The molecule has 1 aromatic rings. The van der Waals surface area contributed by atoms with Crippen molar-refractivity contribution < 1.29 is 18.8 Å². The number of benzene rings is 1. The summed E-state index contributed by atoms with van der Waals surface area (Å²) in [6.45, 7) is 7.11. The van der Waals surface area contributed by atoms with Gasteiger partial charge in [-0.15, -0.1) is 0 Å². The van der Waals surface area contributed by atoms with Gasteiger partial charge in [0.15, 0.2) is 0 Å². The first-order chi connectivity index (χ1) is 12.0. The van der Waals surface area contributed by atoms with Crippen LogP contribution in [-0.2, 0) is 4.74 Å². The summed E-state index contributed by atoms with van der Waals surface area (Å²) in [5.41, 5.74) is 0.604. The summed E-state index contributed by atoms with van der Waals surface area (Å²) < 4.78 is 12.5. The van der Waals surface area contributed by atoms with Crippen molar-refractivity contribution >= 4 is 5.97 Å². The van der Waals surface area contributed by atoms with Crippen LogP contribution in [0.15, 0.2) is 24.3 Å². The number of quaternary nitrogens is 1. The topological polar surface area (TPSA) is 35.5 Å². The molecule has 0 amide bonds. The molecular weight excluding hydrogens is 314 g/mol. The van der Waals surface area contributed by atoms with E-state index in [1.165, 1.54) is 49.7 Å². The van der Waals surface area contributed by atoms with E-state index in [0.29, 0.717) is 24.1 Å². The van der Waals surface area contributed by atoms with E-state index in [9.17, 15) is 4.79 Å². The zero-order valence-corrected chi connectivity index (χ0v) is 15.9. The van der Waals surface area contributed by atoms with Crippen LogP contribution in [0.1, 0.15) is 56.3 Å². The molecule has 4 heteroatoms. The van der Waals surface area contributed by atoms with E-state index < -0.39 is 0 Å². The third kappa shape index (κ3) is 4.35. The van der Waals surface area contributed by atoms with Crippen LogP contribution in [-0.4, -0.2) is 49.3 Å². The van der Waals surface area contributed by atoms with Gasteiger partial charge in [-0.2, -0.15) is 0 Å². The minimum absolute atomic E-state index is 0.132. The summed E-state index contributed by atoms with van der Waals surface area (Å²) in [6, 6.07) is 7.93. The van der Waals surface area contributed by atoms with Gasteiger partial charge in [-0.05, 0) is 63.8 Å². The highest BCUT2D eigenvalue weighted by molar-refractivity contribution is 5.89. The lowest BCUT2D eigenvalue weighted by Gasteiger charge is -2.51. The zero-order valence-electron chi connectivity index (χ0n) is 15.9. The zero-order chi connectivity index (χ0) is 17.9. The fourth-order valence-electron chi connectivity index (χ4n) is 4.64. The summed E-state index contributed by atoms with van der Waals surface area (Å²) >= 11 is 0. The summed E-state index contributed by atoms with van der Waals surface area (Å²) in [4.78, 5) is 12.4. The molecule has 2 aliphatic rings. The lowest BCUT2D eigenvalue weighted by Crippen LogP contribution is -2.61. The van der Waals surface area contributed by atoms with Gasteiger partial charge in [0.25, 0.3) is 0 Å². The van der Waals surface area contributed by atoms with Gasteiger partial charge >= 0.3 is 5.97 Å². The van der Waals surface area contributed by atoms with Crippen molar-refractivity contribution in [3.8, 4) is 5.75 Å². The number of esters is 1. The number of rotatable bonds is 5. The Hall–Kier alpha value is -1.55. The van der Waals surface area contributed by atoms with Crippen molar-refractivity contribution in [3.05, 3.63) is 29.8 Å². The van der Waals surface area contributed by atoms with Crippen LogP contribution in [0.4, 0.5) is 0 Å². The molecule has 3 rings (SSSR count). The van der Waals surface area contributed by atoms with E-state index >= 15 is 0 Å². The molecule has 0 N–H and O–H groups in total. The summed E-state index contributed by atoms with van der Waals surface area (Å²) in [7, 11) is 2.39. The lowest BCUT2D eigenvalue weighted by molar-refractivity contribution is -0.947. The highest BCUT2D eigenvalue weighted by Gasteiger charge is 2.43. The van der Waals surface area contributed by atoms with Gasteiger partial charge in [0.2, 0.25) is 0 Å². The van der Waals surface area contributed by atoms with Gasteiger partial charge in [-0.25, -0.2) is 4.79 Å². The molecule has 4 nitrogen and oxygen atoms in total. The average molecular weight is 346 g/mol. The number of hydrogen-bond donors (Lipinski definition) is 0. The van der Waals surface area contributed by atoms with Crippen LogP contribution in [0, 0.1) is 5.92 Å². The van der Waals surface area contributed by atoms with Gasteiger partial charge in [0.05, 0.1) is 37.8 Å². The minimum atomic E-state index is -0.216. The van der Waals surface area contributed by atoms with Crippen molar-refractivity contribution in [2.45, 2.75) is 58.1 Å². The number of hydrogen-bond acceptors (Lipinski definition) is 3. The molecule has 0 aliphatic carbocycles. The number of ether oxygens (including phenoxy) is 2. The monoisotopic (exact) mass is 346 g/mol. The fourth-order valence-corrected chi connectivity index (χ4v) is 4.64. The smallest absolute Gasteiger partial charge is 0.338 e. The number of nitrogens with zero attached hydrogens (tertiary/aromatic N) is 1. The predicted octanol–water partition coefficient (Wildman–Crippen LogP) is 4.04. The van der Waals surface area contributed by atoms with Gasteiger partial charge in [-0.1, -0.05) is 0 Å². The SMILES string of the molecule is CC(C)Oc1ccc(C(=O)OC[C@@H]2CCC[N@@+]3(C)CCCC[C@H]23)cc1. The van der Waals surface area contributed by atoms with Crippen LogP contribution < -0.4 is 4.74 Å². The second-order valence-corrected chi connectivity index (χ2v) is 8.18. The first-order valence-corrected chi connectivity index (χ1v) is 9.76. The van der Waals surface area contributed by atoms with E-state index in [4.69, 9.17) is 9.47 Å². The molecule has 2 fully saturated rings. The summed E-state index contributed by atoms with van der Waals surface area (Å²) in [5.74, 6) is 1.08. The molecule has 0 radical (unpaired) electrons.